The van der Waals surface area contributed by atoms with Crippen LogP contribution in [0.4, 0.5) is 5.82 Å². The lowest BCUT2D eigenvalue weighted by atomic mass is 10.1. The standard InChI is InChI=1S/C23H25N7S/c1-28-9-8-25-19(28)15-29-10-12-30(13-11-29)22-20-17-5-2-6-18(17)31-23(20)27-21(26-22)16-4-3-7-24-14-16/h3-4,7-9,14H,2,5-6,10-13,15H2,1H3. The Kier molecular flexibility index (Phi) is 4.69. The minimum Gasteiger partial charge on any atom is -0.353 e. The maximum Gasteiger partial charge on any atom is 0.164 e. The molecule has 4 aromatic heterocycles. The van der Waals surface area contributed by atoms with E-state index >= 15 is 0 Å². The molecule has 0 atom stereocenters. The Hall–Kier alpha value is -2.84. The second-order valence-electron chi connectivity index (χ2n) is 8.37. The van der Waals surface area contributed by atoms with Gasteiger partial charge in [0.2, 0.25) is 0 Å². The third-order valence-electron chi connectivity index (χ3n) is 6.42. The molecule has 0 N–H and O–H groups in total. The summed E-state index contributed by atoms with van der Waals surface area (Å²) >= 11 is 1.86. The zero-order valence-electron chi connectivity index (χ0n) is 17.7. The average Bonchev–Trinajstić information content (AvgIpc) is 3.51. The number of anilines is 1. The van der Waals surface area contributed by atoms with Gasteiger partial charge in [0.15, 0.2) is 5.82 Å². The van der Waals surface area contributed by atoms with Gasteiger partial charge < -0.3 is 9.47 Å². The molecule has 0 bridgehead atoms. The van der Waals surface area contributed by atoms with E-state index in [4.69, 9.17) is 9.97 Å². The zero-order valence-corrected chi connectivity index (χ0v) is 18.5. The normalized spacial score (nSPS) is 16.9. The lowest BCUT2D eigenvalue weighted by Crippen LogP contribution is -2.46. The molecule has 0 spiro atoms. The topological polar surface area (TPSA) is 63.0 Å². The molecule has 1 aliphatic heterocycles. The van der Waals surface area contributed by atoms with Crippen LogP contribution in [0.25, 0.3) is 21.6 Å². The molecule has 1 saturated heterocycles. The van der Waals surface area contributed by atoms with E-state index in [0.717, 1.165) is 67.0 Å². The molecular formula is C23H25N7S. The number of rotatable bonds is 4. The fourth-order valence-electron chi connectivity index (χ4n) is 4.70. The van der Waals surface area contributed by atoms with Crippen molar-refractivity contribution in [2.24, 2.45) is 7.05 Å². The van der Waals surface area contributed by atoms with E-state index in [1.165, 1.54) is 28.7 Å². The fraction of sp³-hybridized carbons (Fsp3) is 0.391. The Morgan fingerprint density at radius 1 is 1.06 bits per heavy atom. The molecule has 1 aliphatic carbocycles. The molecular weight excluding hydrogens is 406 g/mol. The zero-order chi connectivity index (χ0) is 20.8. The monoisotopic (exact) mass is 431 g/mol. The first-order chi connectivity index (χ1) is 15.3. The molecule has 0 radical (unpaired) electrons. The van der Waals surface area contributed by atoms with Crippen molar-refractivity contribution < 1.29 is 0 Å². The van der Waals surface area contributed by atoms with E-state index in [1.54, 1.807) is 6.20 Å². The van der Waals surface area contributed by atoms with Gasteiger partial charge in [0, 0.05) is 68.5 Å². The third-order valence-corrected chi connectivity index (χ3v) is 7.61. The predicted molar refractivity (Wildman–Crippen MR) is 123 cm³/mol. The van der Waals surface area contributed by atoms with Crippen molar-refractivity contribution in [1.82, 2.24) is 29.4 Å². The minimum atomic E-state index is 0.783. The van der Waals surface area contributed by atoms with Crippen LogP contribution in [-0.2, 0) is 26.4 Å². The second kappa shape index (κ2) is 7.69. The van der Waals surface area contributed by atoms with Crippen LogP contribution in [0, 0.1) is 0 Å². The summed E-state index contributed by atoms with van der Waals surface area (Å²) in [6.45, 7) is 4.84. The van der Waals surface area contributed by atoms with Crippen LogP contribution in [0.5, 0.6) is 0 Å². The van der Waals surface area contributed by atoms with Crippen LogP contribution in [0.15, 0.2) is 36.9 Å². The van der Waals surface area contributed by atoms with Gasteiger partial charge in [-0.15, -0.1) is 11.3 Å². The molecule has 1 fully saturated rings. The highest BCUT2D eigenvalue weighted by Crippen LogP contribution is 2.41. The number of pyridine rings is 1. The summed E-state index contributed by atoms with van der Waals surface area (Å²) in [5.74, 6) is 3.01. The Bertz CT molecular complexity index is 1220. The molecule has 8 heteroatoms. The SMILES string of the molecule is Cn1ccnc1CN1CCN(c2nc(-c3cccnc3)nc3sc4c(c23)CCC4)CC1. The number of hydrogen-bond donors (Lipinski definition) is 0. The van der Waals surface area contributed by atoms with E-state index in [2.05, 4.69) is 31.4 Å². The van der Waals surface area contributed by atoms with Crippen LogP contribution in [0.1, 0.15) is 22.7 Å². The van der Waals surface area contributed by atoms with Gasteiger partial charge in [0.25, 0.3) is 0 Å². The first-order valence-corrected chi connectivity index (χ1v) is 11.7. The van der Waals surface area contributed by atoms with Crippen LogP contribution < -0.4 is 4.90 Å². The highest BCUT2D eigenvalue weighted by atomic mass is 32.1. The summed E-state index contributed by atoms with van der Waals surface area (Å²) in [6, 6.07) is 4.00. The van der Waals surface area contributed by atoms with Gasteiger partial charge in [0.05, 0.1) is 11.9 Å². The van der Waals surface area contributed by atoms with Crippen molar-refractivity contribution in [3.05, 3.63) is 53.2 Å². The molecule has 0 aromatic carbocycles. The first-order valence-electron chi connectivity index (χ1n) is 10.9. The number of aryl methyl sites for hydroxylation is 3. The highest BCUT2D eigenvalue weighted by molar-refractivity contribution is 7.19. The Balaban J connectivity index is 1.33. The van der Waals surface area contributed by atoms with Gasteiger partial charge in [0.1, 0.15) is 16.5 Å². The number of imidazole rings is 1. The summed E-state index contributed by atoms with van der Waals surface area (Å²) in [5.41, 5.74) is 2.47. The van der Waals surface area contributed by atoms with Crippen molar-refractivity contribution in [1.29, 1.82) is 0 Å². The number of nitrogens with zero attached hydrogens (tertiary/aromatic N) is 7. The van der Waals surface area contributed by atoms with Crippen LogP contribution in [-0.4, -0.2) is 55.6 Å². The second-order valence-corrected chi connectivity index (χ2v) is 9.45. The number of fused-ring (bicyclic) bond motifs is 3. The van der Waals surface area contributed by atoms with Crippen molar-refractivity contribution in [3.63, 3.8) is 0 Å². The van der Waals surface area contributed by atoms with Crippen molar-refractivity contribution in [2.45, 2.75) is 25.8 Å². The van der Waals surface area contributed by atoms with Crippen LogP contribution in [0.3, 0.4) is 0 Å². The van der Waals surface area contributed by atoms with E-state index in [9.17, 15) is 0 Å². The van der Waals surface area contributed by atoms with Crippen molar-refractivity contribution in [3.8, 4) is 11.4 Å². The highest BCUT2D eigenvalue weighted by Gasteiger charge is 2.27. The first kappa shape index (κ1) is 18.9. The third kappa shape index (κ3) is 3.40. The van der Waals surface area contributed by atoms with Gasteiger partial charge in [-0.2, -0.15) is 0 Å². The minimum absolute atomic E-state index is 0.783. The summed E-state index contributed by atoms with van der Waals surface area (Å²) in [6.07, 6.45) is 11.1. The molecule has 5 heterocycles. The van der Waals surface area contributed by atoms with Crippen molar-refractivity contribution >= 4 is 27.4 Å². The largest absolute Gasteiger partial charge is 0.353 e. The van der Waals surface area contributed by atoms with Gasteiger partial charge in [-0.3, -0.25) is 9.88 Å². The van der Waals surface area contributed by atoms with Gasteiger partial charge >= 0.3 is 0 Å². The van der Waals surface area contributed by atoms with E-state index in [-0.39, 0.29) is 0 Å². The van der Waals surface area contributed by atoms with Crippen LogP contribution in [0.2, 0.25) is 0 Å². The van der Waals surface area contributed by atoms with Gasteiger partial charge in [-0.1, -0.05) is 0 Å². The van der Waals surface area contributed by atoms with E-state index in [0.29, 0.717) is 0 Å². The molecule has 0 saturated carbocycles. The molecule has 0 amide bonds. The fourth-order valence-corrected chi connectivity index (χ4v) is 5.95. The summed E-state index contributed by atoms with van der Waals surface area (Å²) in [5, 5.41) is 1.29. The smallest absolute Gasteiger partial charge is 0.164 e. The molecule has 6 rings (SSSR count). The Labute approximate surface area is 185 Å². The maximum absolute atomic E-state index is 5.11. The average molecular weight is 432 g/mol. The molecule has 158 valence electrons. The summed E-state index contributed by atoms with van der Waals surface area (Å²) in [4.78, 5) is 26.4. The molecule has 31 heavy (non-hydrogen) atoms. The molecule has 7 nitrogen and oxygen atoms in total. The van der Waals surface area contributed by atoms with E-state index < -0.39 is 0 Å². The predicted octanol–water partition coefficient (Wildman–Crippen LogP) is 3.30. The molecule has 2 aliphatic rings. The molecule has 0 unspecified atom stereocenters. The lowest BCUT2D eigenvalue weighted by Gasteiger charge is -2.35. The summed E-state index contributed by atoms with van der Waals surface area (Å²) < 4.78 is 2.11. The number of thiophene rings is 1. The van der Waals surface area contributed by atoms with E-state index in [1.807, 2.05) is 42.1 Å². The number of piperazine rings is 1. The number of aromatic nitrogens is 5. The summed E-state index contributed by atoms with van der Waals surface area (Å²) in [7, 11) is 2.06. The maximum atomic E-state index is 5.11. The van der Waals surface area contributed by atoms with Crippen molar-refractivity contribution in [2.75, 3.05) is 31.1 Å². The Morgan fingerprint density at radius 2 is 1.97 bits per heavy atom. The Morgan fingerprint density at radius 3 is 2.74 bits per heavy atom. The molecule has 4 aromatic rings. The van der Waals surface area contributed by atoms with Gasteiger partial charge in [-0.25, -0.2) is 15.0 Å². The quantitative estimate of drug-likeness (QED) is 0.494. The van der Waals surface area contributed by atoms with Crippen LogP contribution >= 0.6 is 11.3 Å². The lowest BCUT2D eigenvalue weighted by molar-refractivity contribution is 0.241. The van der Waals surface area contributed by atoms with Gasteiger partial charge in [-0.05, 0) is 37.0 Å². The number of hydrogen-bond acceptors (Lipinski definition) is 7.